The fraction of sp³-hybridized carbons (Fsp3) is 0.676. The van der Waals surface area contributed by atoms with E-state index in [9.17, 15) is 18.0 Å². The maximum Gasteiger partial charge on any atom is 0.270 e. The Balaban J connectivity index is 3.40. The van der Waals surface area contributed by atoms with Gasteiger partial charge >= 0.3 is 0 Å². The molecule has 1 aliphatic heterocycles. The van der Waals surface area contributed by atoms with Crippen LogP contribution >= 0.6 is 11.6 Å². The van der Waals surface area contributed by atoms with E-state index in [1.54, 1.807) is 19.1 Å². The lowest BCUT2D eigenvalue weighted by atomic mass is 9.78. The van der Waals surface area contributed by atoms with Gasteiger partial charge in [0, 0.05) is 17.5 Å². The third-order valence-electron chi connectivity index (χ3n) is 8.27. The van der Waals surface area contributed by atoms with E-state index in [2.05, 4.69) is 66.9 Å². The van der Waals surface area contributed by atoms with Crippen LogP contribution in [-0.4, -0.2) is 59.4 Å². The van der Waals surface area contributed by atoms with Gasteiger partial charge in [0.1, 0.15) is 11.4 Å². The first-order chi connectivity index (χ1) is 19.9. The van der Waals surface area contributed by atoms with Gasteiger partial charge in [-0.15, -0.1) is 0 Å². The zero-order valence-electron chi connectivity index (χ0n) is 28.6. The van der Waals surface area contributed by atoms with Crippen molar-refractivity contribution in [3.8, 4) is 0 Å². The standard InChI is InChI=1S/C34H56ClN3O5S/c1-23(21-29(39)36-19-20-44(41,42)43)13-14-24(2)28(16-17-32(6,7)8)38-31(40)30(25(3)22-27(5)35)37-34(38,12)18-15-26(4)33(9,10)11/h13-14,22,25-26,28H,1-2,15-21H2,3-12H3,(H,36,39)(H,41,42,43)/b14-13-,27-22+. The molecule has 0 bridgehead atoms. The summed E-state index contributed by atoms with van der Waals surface area (Å²) in [6.45, 7) is 29.3. The molecule has 4 unspecified atom stereocenters. The van der Waals surface area contributed by atoms with Gasteiger partial charge < -0.3 is 10.2 Å². The minimum Gasteiger partial charge on any atom is -0.355 e. The Kier molecular flexibility index (Phi) is 14.3. The zero-order valence-corrected chi connectivity index (χ0v) is 30.2. The number of aliphatic imine (C=N–C) groups is 1. The number of amides is 2. The number of allylic oxidation sites excluding steroid dienone is 3. The highest BCUT2D eigenvalue weighted by atomic mass is 35.5. The van der Waals surface area contributed by atoms with Gasteiger partial charge in [0.15, 0.2) is 0 Å². The first-order valence-electron chi connectivity index (χ1n) is 15.4. The topological polar surface area (TPSA) is 116 Å². The average molecular weight is 654 g/mol. The molecule has 44 heavy (non-hydrogen) atoms. The summed E-state index contributed by atoms with van der Waals surface area (Å²) in [5, 5.41) is 3.07. The number of hydrogen-bond acceptors (Lipinski definition) is 5. The third-order valence-corrected chi connectivity index (χ3v) is 9.11. The van der Waals surface area contributed by atoms with E-state index in [-0.39, 0.29) is 41.7 Å². The lowest BCUT2D eigenvalue weighted by Crippen LogP contribution is -2.52. The van der Waals surface area contributed by atoms with E-state index in [0.717, 1.165) is 12.8 Å². The van der Waals surface area contributed by atoms with E-state index < -0.39 is 27.4 Å². The van der Waals surface area contributed by atoms with Crippen LogP contribution in [0, 0.1) is 22.7 Å². The molecule has 0 saturated carbocycles. The van der Waals surface area contributed by atoms with Crippen LogP contribution in [0.4, 0.5) is 0 Å². The van der Waals surface area contributed by atoms with E-state index in [0.29, 0.717) is 40.6 Å². The summed E-state index contributed by atoms with van der Waals surface area (Å²) in [5.41, 5.74) is 1.03. The van der Waals surface area contributed by atoms with Crippen molar-refractivity contribution >= 4 is 39.2 Å². The van der Waals surface area contributed by atoms with E-state index in [1.807, 2.05) is 24.8 Å². The van der Waals surface area contributed by atoms with Gasteiger partial charge in [0.05, 0.1) is 18.2 Å². The number of rotatable bonds is 16. The zero-order chi connectivity index (χ0) is 34.3. The quantitative estimate of drug-likeness (QED) is 0.132. The van der Waals surface area contributed by atoms with Gasteiger partial charge in [0.25, 0.3) is 16.0 Å². The van der Waals surface area contributed by atoms with Gasteiger partial charge in [-0.25, -0.2) is 0 Å². The van der Waals surface area contributed by atoms with Gasteiger partial charge in [-0.05, 0) is 67.4 Å². The number of hydrogen-bond donors (Lipinski definition) is 2. The summed E-state index contributed by atoms with van der Waals surface area (Å²) >= 11 is 6.21. The third kappa shape index (κ3) is 13.4. The van der Waals surface area contributed by atoms with Gasteiger partial charge in [-0.1, -0.05) is 98.4 Å². The van der Waals surface area contributed by atoms with Crippen LogP contribution in [0.15, 0.2) is 52.6 Å². The highest BCUT2D eigenvalue weighted by Gasteiger charge is 2.48. The van der Waals surface area contributed by atoms with Crippen LogP contribution in [-0.2, 0) is 19.7 Å². The molecule has 8 nitrogen and oxygen atoms in total. The van der Waals surface area contributed by atoms with Gasteiger partial charge in [-0.2, -0.15) is 8.42 Å². The molecule has 2 amide bonds. The van der Waals surface area contributed by atoms with Crippen LogP contribution in [0.3, 0.4) is 0 Å². The van der Waals surface area contributed by atoms with Crippen LogP contribution in [0.2, 0.25) is 0 Å². The van der Waals surface area contributed by atoms with Gasteiger partial charge in [-0.3, -0.25) is 19.1 Å². The van der Waals surface area contributed by atoms with Crippen LogP contribution < -0.4 is 5.32 Å². The summed E-state index contributed by atoms with van der Waals surface area (Å²) in [7, 11) is -4.16. The molecule has 250 valence electrons. The normalized spacial score (nSPS) is 20.5. The average Bonchev–Trinajstić information content (AvgIpc) is 3.09. The second-order valence-corrected chi connectivity index (χ2v) is 16.9. The summed E-state index contributed by atoms with van der Waals surface area (Å²) in [6.07, 6.45) is 8.40. The van der Waals surface area contributed by atoms with E-state index in [1.165, 1.54) is 0 Å². The number of carbonyl (C=O) groups is 2. The van der Waals surface area contributed by atoms with Crippen molar-refractivity contribution in [1.82, 2.24) is 10.2 Å². The van der Waals surface area contributed by atoms with Crippen LogP contribution in [0.5, 0.6) is 0 Å². The summed E-state index contributed by atoms with van der Waals surface area (Å²) in [6, 6.07) is -0.348. The Morgan fingerprint density at radius 1 is 1.14 bits per heavy atom. The number of nitrogens with one attached hydrogen (secondary N) is 1. The van der Waals surface area contributed by atoms with Crippen molar-refractivity contribution in [2.75, 3.05) is 12.3 Å². The molecule has 0 spiro atoms. The number of halogens is 1. The number of nitrogens with zero attached hydrogens (tertiary/aromatic N) is 2. The van der Waals surface area contributed by atoms with Crippen LogP contribution in [0.25, 0.3) is 0 Å². The monoisotopic (exact) mass is 653 g/mol. The molecule has 1 heterocycles. The summed E-state index contributed by atoms with van der Waals surface area (Å²) in [4.78, 5) is 33.5. The molecule has 1 rings (SSSR count). The molecule has 4 atom stereocenters. The molecule has 0 saturated heterocycles. The molecular formula is C34H56ClN3O5S. The maximum absolute atomic E-state index is 14.2. The molecule has 0 aromatic heterocycles. The lowest BCUT2D eigenvalue weighted by Gasteiger charge is -2.42. The predicted molar refractivity (Wildman–Crippen MR) is 183 cm³/mol. The van der Waals surface area contributed by atoms with E-state index >= 15 is 0 Å². The van der Waals surface area contributed by atoms with Crippen LogP contribution in [0.1, 0.15) is 101 Å². The molecule has 0 aromatic rings. The van der Waals surface area contributed by atoms with Crippen molar-refractivity contribution in [1.29, 1.82) is 0 Å². The van der Waals surface area contributed by atoms with Crippen molar-refractivity contribution in [3.05, 3.63) is 47.6 Å². The second kappa shape index (κ2) is 15.9. The molecule has 0 aliphatic carbocycles. The van der Waals surface area contributed by atoms with Crippen molar-refractivity contribution < 1.29 is 22.6 Å². The molecule has 2 N–H and O–H groups in total. The maximum atomic E-state index is 14.2. The Morgan fingerprint density at radius 2 is 1.73 bits per heavy atom. The Hall–Kier alpha value is -2.23. The summed E-state index contributed by atoms with van der Waals surface area (Å²) < 4.78 is 30.7. The second-order valence-electron chi connectivity index (χ2n) is 14.7. The van der Waals surface area contributed by atoms with Crippen molar-refractivity contribution in [3.63, 3.8) is 0 Å². The first kappa shape index (κ1) is 39.8. The fourth-order valence-electron chi connectivity index (χ4n) is 5.03. The minimum absolute atomic E-state index is 0.0152. The highest BCUT2D eigenvalue weighted by Crippen LogP contribution is 2.40. The smallest absolute Gasteiger partial charge is 0.270 e. The van der Waals surface area contributed by atoms with Gasteiger partial charge in [0.2, 0.25) is 5.91 Å². The molecule has 0 fully saturated rings. The molecule has 10 heteroatoms. The van der Waals surface area contributed by atoms with Crippen molar-refractivity contribution in [2.45, 2.75) is 113 Å². The van der Waals surface area contributed by atoms with Crippen molar-refractivity contribution in [2.24, 2.45) is 27.7 Å². The largest absolute Gasteiger partial charge is 0.355 e. The predicted octanol–water partition coefficient (Wildman–Crippen LogP) is 7.48. The molecule has 0 radical (unpaired) electrons. The Labute approximate surface area is 271 Å². The number of carbonyl (C=O) groups excluding carboxylic acids is 2. The fourth-order valence-corrected chi connectivity index (χ4v) is 5.58. The Morgan fingerprint density at radius 3 is 2.23 bits per heavy atom. The lowest BCUT2D eigenvalue weighted by molar-refractivity contribution is -0.130. The highest BCUT2D eigenvalue weighted by molar-refractivity contribution is 7.85. The summed E-state index contributed by atoms with van der Waals surface area (Å²) in [5.74, 6) is -0.948. The van der Waals surface area contributed by atoms with E-state index in [4.69, 9.17) is 21.1 Å². The minimum atomic E-state index is -4.16. The molecule has 1 aliphatic rings. The SMILES string of the molecule is C=C(/C=C\C(=C)C(CCC(C)(C)C)N1C(=O)C(C(C)/C=C(\C)Cl)=NC1(C)CCC(C)C(C)(C)C)CC(=O)NCCS(=O)(=O)O. The Bertz CT molecular complexity index is 1270. The first-order valence-corrected chi connectivity index (χ1v) is 17.4. The molecular weight excluding hydrogens is 598 g/mol. The molecule has 0 aromatic carbocycles.